The van der Waals surface area contributed by atoms with Gasteiger partial charge in [-0.15, -0.1) is 0 Å². The van der Waals surface area contributed by atoms with Gasteiger partial charge in [-0.3, -0.25) is 0 Å². The molecule has 54 heavy (non-hydrogen) atoms. The molecule has 3 aromatic carbocycles. The highest BCUT2D eigenvalue weighted by Gasteiger charge is 2.28. The highest BCUT2D eigenvalue weighted by atomic mass is 32.1. The van der Waals surface area contributed by atoms with Crippen LogP contribution in [0.2, 0.25) is 0 Å². The van der Waals surface area contributed by atoms with Gasteiger partial charge in [-0.05, 0) is 139 Å². The number of carbonyl (C=O) groups is 1. The number of rotatable bonds is 22. The molecule has 0 aromatic heterocycles. The quantitative estimate of drug-likeness (QED) is 0.0353. The van der Waals surface area contributed by atoms with Gasteiger partial charge in [-0.1, -0.05) is 76.4 Å². The summed E-state index contributed by atoms with van der Waals surface area (Å²) >= 11 is 18.3. The van der Waals surface area contributed by atoms with Crippen molar-refractivity contribution in [3.05, 3.63) is 88.8 Å². The Bertz CT molecular complexity index is 1650. The zero-order valence-corrected chi connectivity index (χ0v) is 36.4. The van der Waals surface area contributed by atoms with Crippen LogP contribution in [0.5, 0.6) is 5.75 Å². The standard InChI is InChI=1S/C46H63FO3S4/c1-5-7-8-11-33-14-16-35(17-15-33)36-18-21-41(43(47)26-36)40-20-19-38(24-34(40)6-2)42-25-39(13-10-23-51)44(50-28-46(29-52,30-53)31-54)27-37(42)12-9-22-49-45(48)32(3)4/h18-21,24-27,33,35,51-54H,3,5-17,22-23,28-31H2,1-2,4H3. The summed E-state index contributed by atoms with van der Waals surface area (Å²) in [6.07, 6.45) is 13.9. The molecule has 8 heteroatoms. The molecule has 0 atom stereocenters. The van der Waals surface area contributed by atoms with Gasteiger partial charge in [0.05, 0.1) is 13.2 Å². The molecule has 0 spiro atoms. The lowest BCUT2D eigenvalue weighted by Crippen LogP contribution is -2.34. The van der Waals surface area contributed by atoms with Crippen LogP contribution in [0, 0.1) is 17.2 Å². The van der Waals surface area contributed by atoms with Gasteiger partial charge >= 0.3 is 5.97 Å². The molecule has 0 bridgehead atoms. The summed E-state index contributed by atoms with van der Waals surface area (Å²) < 4.78 is 28.1. The van der Waals surface area contributed by atoms with Crippen LogP contribution >= 0.6 is 50.5 Å². The van der Waals surface area contributed by atoms with E-state index < -0.39 is 0 Å². The average Bonchev–Trinajstić information content (AvgIpc) is 3.19. The molecule has 0 heterocycles. The lowest BCUT2D eigenvalue weighted by atomic mass is 9.77. The molecule has 3 aromatic rings. The summed E-state index contributed by atoms with van der Waals surface area (Å²) in [5, 5.41) is 0. The van der Waals surface area contributed by atoms with Gasteiger partial charge < -0.3 is 9.47 Å². The number of hydrogen-bond acceptors (Lipinski definition) is 7. The molecule has 1 aliphatic rings. The number of thiol groups is 4. The minimum absolute atomic E-state index is 0.139. The highest BCUT2D eigenvalue weighted by Crippen LogP contribution is 2.41. The first kappa shape index (κ1) is 44.7. The predicted octanol–water partition coefficient (Wildman–Crippen LogP) is 12.6. The number of benzene rings is 3. The van der Waals surface area contributed by atoms with Gasteiger partial charge in [0.1, 0.15) is 11.6 Å². The van der Waals surface area contributed by atoms with Gasteiger partial charge in [0.2, 0.25) is 0 Å². The van der Waals surface area contributed by atoms with E-state index in [1.807, 2.05) is 6.07 Å². The molecule has 1 fully saturated rings. The minimum Gasteiger partial charge on any atom is -0.493 e. The Kier molecular flexibility index (Phi) is 18.8. The van der Waals surface area contributed by atoms with E-state index >= 15 is 4.39 Å². The number of hydrogen-bond donors (Lipinski definition) is 4. The predicted molar refractivity (Wildman–Crippen MR) is 241 cm³/mol. The van der Waals surface area contributed by atoms with Crippen molar-refractivity contribution >= 4 is 56.5 Å². The van der Waals surface area contributed by atoms with Crippen molar-refractivity contribution in [1.82, 2.24) is 0 Å². The Morgan fingerprint density at radius 2 is 1.52 bits per heavy atom. The van der Waals surface area contributed by atoms with E-state index in [0.717, 1.165) is 88.5 Å². The topological polar surface area (TPSA) is 35.5 Å². The first-order valence-electron chi connectivity index (χ1n) is 20.1. The molecule has 0 radical (unpaired) electrons. The number of aryl methyl sites for hydroxylation is 3. The second-order valence-corrected chi connectivity index (χ2v) is 16.8. The maximum Gasteiger partial charge on any atom is 0.333 e. The lowest BCUT2D eigenvalue weighted by molar-refractivity contribution is -0.139. The third kappa shape index (κ3) is 12.2. The van der Waals surface area contributed by atoms with E-state index in [2.05, 4.69) is 107 Å². The van der Waals surface area contributed by atoms with Crippen LogP contribution in [0.15, 0.2) is 60.7 Å². The largest absolute Gasteiger partial charge is 0.493 e. The Morgan fingerprint density at radius 3 is 2.15 bits per heavy atom. The van der Waals surface area contributed by atoms with Crippen molar-refractivity contribution in [1.29, 1.82) is 0 Å². The third-order valence-corrected chi connectivity index (χ3v) is 13.5. The van der Waals surface area contributed by atoms with Gasteiger partial charge in [-0.2, -0.15) is 50.5 Å². The molecule has 3 nitrogen and oxygen atoms in total. The average molecular weight is 811 g/mol. The van der Waals surface area contributed by atoms with E-state index in [1.54, 1.807) is 13.0 Å². The zero-order chi connectivity index (χ0) is 39.1. The zero-order valence-electron chi connectivity index (χ0n) is 32.8. The smallest absolute Gasteiger partial charge is 0.333 e. The second-order valence-electron chi connectivity index (χ2n) is 15.4. The van der Waals surface area contributed by atoms with E-state index in [1.165, 1.54) is 38.5 Å². The van der Waals surface area contributed by atoms with Crippen molar-refractivity contribution in [3.63, 3.8) is 0 Å². The SMILES string of the molecule is C=C(C)C(=O)OCCCc1cc(OCC(CS)(CS)CS)c(CCCS)cc1-c1ccc(-c2ccc(C3CCC(CCCCC)CC3)cc2F)c(CC)c1. The van der Waals surface area contributed by atoms with Gasteiger partial charge in [0.15, 0.2) is 0 Å². The fourth-order valence-electron chi connectivity index (χ4n) is 7.60. The highest BCUT2D eigenvalue weighted by molar-refractivity contribution is 7.82. The van der Waals surface area contributed by atoms with Crippen LogP contribution in [0.3, 0.4) is 0 Å². The number of ether oxygens (including phenoxy) is 2. The number of carbonyl (C=O) groups excluding carboxylic acids is 1. The summed E-state index contributed by atoms with van der Waals surface area (Å²) in [4.78, 5) is 12.1. The van der Waals surface area contributed by atoms with Crippen LogP contribution in [0.25, 0.3) is 22.3 Å². The molecule has 4 rings (SSSR count). The lowest BCUT2D eigenvalue weighted by Gasteiger charge is -2.29. The Labute approximate surface area is 347 Å². The van der Waals surface area contributed by atoms with Gasteiger partial charge in [0, 0.05) is 33.8 Å². The van der Waals surface area contributed by atoms with Crippen LogP contribution in [0.4, 0.5) is 4.39 Å². The minimum atomic E-state index is -0.378. The van der Waals surface area contributed by atoms with Crippen LogP contribution < -0.4 is 4.74 Å². The molecule has 1 saturated carbocycles. The molecule has 0 unspecified atom stereocenters. The normalized spacial score (nSPS) is 16.0. The first-order valence-corrected chi connectivity index (χ1v) is 22.6. The van der Waals surface area contributed by atoms with Gasteiger partial charge in [0.25, 0.3) is 0 Å². The van der Waals surface area contributed by atoms with E-state index in [-0.39, 0.29) is 17.2 Å². The van der Waals surface area contributed by atoms with E-state index in [9.17, 15) is 4.79 Å². The monoisotopic (exact) mass is 810 g/mol. The summed E-state index contributed by atoms with van der Waals surface area (Å²) in [7, 11) is 0. The summed E-state index contributed by atoms with van der Waals surface area (Å²) in [5.41, 5.74) is 8.36. The number of unbranched alkanes of at least 4 members (excludes halogenated alkanes) is 2. The fourth-order valence-corrected chi connectivity index (χ4v) is 9.23. The molecule has 0 amide bonds. The van der Waals surface area contributed by atoms with E-state index in [0.29, 0.717) is 60.4 Å². The maximum absolute atomic E-state index is 16.0. The summed E-state index contributed by atoms with van der Waals surface area (Å²) in [6.45, 7) is 10.5. The van der Waals surface area contributed by atoms with Crippen LogP contribution in [0.1, 0.15) is 113 Å². The summed E-state index contributed by atoms with van der Waals surface area (Å²) in [5.74, 6) is 4.19. The van der Waals surface area contributed by atoms with Crippen molar-refractivity contribution in [2.75, 3.05) is 36.2 Å². The molecular weight excluding hydrogens is 748 g/mol. The Hall–Kier alpha value is -2.00. The molecule has 0 N–H and O–H groups in total. The molecular formula is C46H63FO3S4. The molecule has 0 aliphatic heterocycles. The van der Waals surface area contributed by atoms with Crippen molar-refractivity contribution in [2.45, 2.75) is 110 Å². The van der Waals surface area contributed by atoms with Crippen LogP contribution in [-0.4, -0.2) is 42.2 Å². The van der Waals surface area contributed by atoms with Crippen molar-refractivity contribution in [2.24, 2.45) is 11.3 Å². The number of esters is 1. The molecule has 1 aliphatic carbocycles. The van der Waals surface area contributed by atoms with Crippen LogP contribution in [-0.2, 0) is 28.8 Å². The van der Waals surface area contributed by atoms with E-state index in [4.69, 9.17) is 9.47 Å². The Balaban J connectivity index is 1.65. The third-order valence-electron chi connectivity index (χ3n) is 11.2. The molecule has 0 saturated heterocycles. The molecule has 296 valence electrons. The fraction of sp³-hybridized carbons (Fsp3) is 0.543. The van der Waals surface area contributed by atoms with Crippen molar-refractivity contribution < 1.29 is 18.7 Å². The maximum atomic E-state index is 16.0. The second kappa shape index (κ2) is 22.7. The Morgan fingerprint density at radius 1 is 0.815 bits per heavy atom. The number of halogens is 1. The first-order chi connectivity index (χ1) is 26.1. The van der Waals surface area contributed by atoms with Gasteiger partial charge in [-0.25, -0.2) is 9.18 Å². The summed E-state index contributed by atoms with van der Waals surface area (Å²) in [6, 6.07) is 16.8. The van der Waals surface area contributed by atoms with Crippen molar-refractivity contribution in [3.8, 4) is 28.0 Å².